The number of carbonyl (C=O) groups is 1. The molecule has 3 nitrogen and oxygen atoms in total. The minimum atomic E-state index is -1.05. The molecule has 5 heteroatoms. The second-order valence-corrected chi connectivity index (χ2v) is 5.05. The predicted octanol–water partition coefficient (Wildman–Crippen LogP) is 2.20. The normalized spacial score (nSPS) is 11.3. The van der Waals surface area contributed by atoms with Crippen molar-refractivity contribution in [1.29, 1.82) is 0 Å². The van der Waals surface area contributed by atoms with Gasteiger partial charge in [0, 0.05) is 0 Å². The Bertz CT molecular complexity index is 673. The first-order valence-corrected chi connectivity index (χ1v) is 6.59. The Hall–Kier alpha value is -1.04. The molecule has 2 aromatic carbocycles. The molecule has 0 bridgehead atoms. The van der Waals surface area contributed by atoms with E-state index in [4.69, 9.17) is 23.1 Å². The first kappa shape index (κ1) is 18.0. The molecular formula is C16H16NNaO2S. The number of carboxylic acid groups (broad SMARTS) is 1. The quantitative estimate of drug-likeness (QED) is 0.516. The fraction of sp³-hybridized carbons (Fsp3) is 0.125. The van der Waals surface area contributed by atoms with Crippen molar-refractivity contribution in [3.05, 3.63) is 70.8 Å². The van der Waals surface area contributed by atoms with Crippen LogP contribution in [0, 0.1) is 6.92 Å². The number of carboxylic acids is 1. The second-order valence-electron chi connectivity index (χ2n) is 4.64. The zero-order chi connectivity index (χ0) is 14.7. The molecule has 0 spiro atoms. The van der Waals surface area contributed by atoms with Crippen molar-refractivity contribution in [3.8, 4) is 0 Å². The van der Waals surface area contributed by atoms with Crippen LogP contribution in [0.25, 0.3) is 0 Å². The van der Waals surface area contributed by atoms with Gasteiger partial charge in [-0.15, -0.1) is 0 Å². The zero-order valence-electron chi connectivity index (χ0n) is 11.0. The van der Waals surface area contributed by atoms with Crippen LogP contribution in [-0.2, 0) is 4.79 Å². The summed E-state index contributed by atoms with van der Waals surface area (Å²) in [6.07, 6.45) is 0. The van der Waals surface area contributed by atoms with E-state index in [1.54, 1.807) is 18.2 Å². The summed E-state index contributed by atoms with van der Waals surface area (Å²) in [5, 5.41) is 8.96. The monoisotopic (exact) mass is 309 g/mol. The number of rotatable bonds is 4. The van der Waals surface area contributed by atoms with Crippen LogP contribution in [0.3, 0.4) is 0 Å². The van der Waals surface area contributed by atoms with E-state index in [1.165, 1.54) is 0 Å². The average Bonchev–Trinajstić information content (AvgIpc) is 2.45. The Labute approximate surface area is 151 Å². The van der Waals surface area contributed by atoms with Gasteiger partial charge in [-0.1, -0.05) is 60.2 Å². The van der Waals surface area contributed by atoms with E-state index in [0.717, 1.165) is 16.7 Å². The predicted molar refractivity (Wildman–Crippen MR) is 90.1 cm³/mol. The van der Waals surface area contributed by atoms with Gasteiger partial charge in [-0.3, -0.25) is 4.79 Å². The van der Waals surface area contributed by atoms with Gasteiger partial charge in [0.2, 0.25) is 0 Å². The van der Waals surface area contributed by atoms with Crippen LogP contribution in [-0.4, -0.2) is 45.5 Å². The van der Waals surface area contributed by atoms with Crippen LogP contribution in [0.2, 0.25) is 0 Å². The minimum absolute atomic E-state index is 0. The fourth-order valence-electron chi connectivity index (χ4n) is 1.97. The summed E-state index contributed by atoms with van der Waals surface area (Å²) in [5.74, 6) is -1.05. The summed E-state index contributed by atoms with van der Waals surface area (Å²) in [4.78, 5) is 11.6. The molecule has 104 valence electrons. The van der Waals surface area contributed by atoms with Crippen molar-refractivity contribution in [2.45, 2.75) is 13.0 Å². The van der Waals surface area contributed by atoms with E-state index >= 15 is 0 Å². The first-order chi connectivity index (χ1) is 9.49. The molecular weight excluding hydrogens is 293 g/mol. The van der Waals surface area contributed by atoms with E-state index in [9.17, 15) is 4.79 Å². The van der Waals surface area contributed by atoms with Crippen LogP contribution in [0.1, 0.15) is 28.3 Å². The standard InChI is InChI=1S/C16H15NO2S.Na.H/c1-10-4-2-6-12(8-10)15(20)13-7-3-5-11(9-13)14(17)16(18)19;;/h2-9,14H,17H2,1H3,(H,18,19);;. The molecule has 0 aliphatic heterocycles. The summed E-state index contributed by atoms with van der Waals surface area (Å²) in [6, 6.07) is 13.9. The van der Waals surface area contributed by atoms with Crippen LogP contribution < -0.4 is 5.73 Å². The molecule has 1 unspecified atom stereocenters. The Morgan fingerprint density at radius 2 is 1.71 bits per heavy atom. The fourth-order valence-corrected chi connectivity index (χ4v) is 2.22. The molecule has 3 N–H and O–H groups in total. The van der Waals surface area contributed by atoms with Gasteiger partial charge in [-0.2, -0.15) is 0 Å². The summed E-state index contributed by atoms with van der Waals surface area (Å²) in [6.45, 7) is 2.00. The zero-order valence-corrected chi connectivity index (χ0v) is 11.9. The Balaban J connectivity index is 0.00000220. The number of aryl methyl sites for hydroxylation is 1. The van der Waals surface area contributed by atoms with E-state index in [-0.39, 0.29) is 29.6 Å². The van der Waals surface area contributed by atoms with Crippen LogP contribution in [0.4, 0.5) is 0 Å². The van der Waals surface area contributed by atoms with Gasteiger partial charge in [-0.05, 0) is 29.7 Å². The van der Waals surface area contributed by atoms with Crippen molar-refractivity contribution < 1.29 is 9.90 Å². The molecule has 0 aliphatic rings. The maximum absolute atomic E-state index is 10.9. The SMILES string of the molecule is Cc1cccc(C(=S)c2cccc(C(N)C(=O)O)c2)c1.[NaH]. The molecule has 0 radical (unpaired) electrons. The van der Waals surface area contributed by atoms with Crippen LogP contribution in [0.5, 0.6) is 0 Å². The van der Waals surface area contributed by atoms with Gasteiger partial charge >= 0.3 is 35.5 Å². The molecule has 0 aromatic heterocycles. The number of nitrogens with two attached hydrogens (primary N) is 1. The van der Waals surface area contributed by atoms with Gasteiger partial charge in [-0.25, -0.2) is 0 Å². The van der Waals surface area contributed by atoms with E-state index in [0.29, 0.717) is 10.4 Å². The number of benzene rings is 2. The molecule has 21 heavy (non-hydrogen) atoms. The van der Waals surface area contributed by atoms with Crippen LogP contribution >= 0.6 is 12.2 Å². The molecule has 0 heterocycles. The molecule has 0 saturated carbocycles. The average molecular weight is 309 g/mol. The summed E-state index contributed by atoms with van der Waals surface area (Å²) in [7, 11) is 0. The second kappa shape index (κ2) is 7.82. The Kier molecular flexibility index (Phi) is 6.71. The van der Waals surface area contributed by atoms with Gasteiger partial charge in [0.05, 0.1) is 4.86 Å². The first-order valence-electron chi connectivity index (χ1n) is 6.19. The van der Waals surface area contributed by atoms with Gasteiger partial charge in [0.15, 0.2) is 0 Å². The van der Waals surface area contributed by atoms with Crippen molar-refractivity contribution >= 4 is 52.6 Å². The van der Waals surface area contributed by atoms with E-state index in [2.05, 4.69) is 0 Å². The molecule has 2 aromatic rings. The van der Waals surface area contributed by atoms with Crippen molar-refractivity contribution in [2.75, 3.05) is 0 Å². The Morgan fingerprint density at radius 3 is 2.29 bits per heavy atom. The van der Waals surface area contributed by atoms with Gasteiger partial charge in [0.25, 0.3) is 0 Å². The molecule has 0 fully saturated rings. The van der Waals surface area contributed by atoms with E-state index in [1.807, 2.05) is 37.3 Å². The summed E-state index contributed by atoms with van der Waals surface area (Å²) < 4.78 is 0. The number of hydrogen-bond donors (Lipinski definition) is 2. The number of thiocarbonyl (C=S) groups is 1. The van der Waals surface area contributed by atoms with Gasteiger partial charge in [0.1, 0.15) is 6.04 Å². The van der Waals surface area contributed by atoms with Crippen LogP contribution in [0.15, 0.2) is 48.5 Å². The molecule has 0 amide bonds. The topological polar surface area (TPSA) is 63.3 Å². The van der Waals surface area contributed by atoms with Crippen molar-refractivity contribution in [2.24, 2.45) is 5.73 Å². The Morgan fingerprint density at radius 1 is 1.14 bits per heavy atom. The van der Waals surface area contributed by atoms with E-state index < -0.39 is 12.0 Å². The molecule has 1 atom stereocenters. The molecule has 2 rings (SSSR count). The van der Waals surface area contributed by atoms with Crippen molar-refractivity contribution in [1.82, 2.24) is 0 Å². The maximum atomic E-state index is 10.9. The number of hydrogen-bond acceptors (Lipinski definition) is 3. The summed E-state index contributed by atoms with van der Waals surface area (Å²) in [5.41, 5.74) is 9.05. The third kappa shape index (κ3) is 4.46. The number of aliphatic carboxylic acids is 1. The third-order valence-electron chi connectivity index (χ3n) is 3.05. The van der Waals surface area contributed by atoms with Crippen molar-refractivity contribution in [3.63, 3.8) is 0 Å². The molecule has 0 saturated heterocycles. The molecule has 0 aliphatic carbocycles. The summed E-state index contributed by atoms with van der Waals surface area (Å²) >= 11 is 5.47. The third-order valence-corrected chi connectivity index (χ3v) is 3.53. The van der Waals surface area contributed by atoms with Gasteiger partial charge < -0.3 is 10.8 Å².